The van der Waals surface area contributed by atoms with Crippen molar-refractivity contribution in [3.63, 3.8) is 0 Å². The maximum absolute atomic E-state index is 12.5. The van der Waals surface area contributed by atoms with Gasteiger partial charge in [-0.05, 0) is 56.0 Å². The molecule has 1 aliphatic carbocycles. The minimum atomic E-state index is -3.43. The van der Waals surface area contributed by atoms with Gasteiger partial charge in [-0.2, -0.15) is 0 Å². The number of sulfonamides is 1. The largest absolute Gasteiger partial charge is 0.313 e. The third-order valence-electron chi connectivity index (χ3n) is 3.83. The molecule has 0 heterocycles. The van der Waals surface area contributed by atoms with Gasteiger partial charge in [-0.15, -0.1) is 0 Å². The number of halogens is 1. The van der Waals surface area contributed by atoms with Gasteiger partial charge in [-0.25, -0.2) is 13.1 Å². The molecule has 1 saturated carbocycles. The number of hydrogen-bond acceptors (Lipinski definition) is 3. The first-order chi connectivity index (χ1) is 9.94. The Balaban J connectivity index is 2.23. The molecule has 0 radical (unpaired) electrons. The van der Waals surface area contributed by atoms with E-state index in [4.69, 9.17) is 0 Å². The van der Waals surface area contributed by atoms with Crippen molar-refractivity contribution in [2.24, 2.45) is 0 Å². The first-order valence-electron chi connectivity index (χ1n) is 7.46. The zero-order valence-electron chi connectivity index (χ0n) is 12.6. The first-order valence-corrected chi connectivity index (χ1v) is 9.73. The predicted octanol–water partition coefficient (Wildman–Crippen LogP) is 3.09. The lowest BCUT2D eigenvalue weighted by Gasteiger charge is -2.26. The highest BCUT2D eigenvalue weighted by molar-refractivity contribution is 9.10. The van der Waals surface area contributed by atoms with Gasteiger partial charge in [0.2, 0.25) is 10.0 Å². The summed E-state index contributed by atoms with van der Waals surface area (Å²) in [4.78, 5) is 0.386. The van der Waals surface area contributed by atoms with Crippen LogP contribution in [0.1, 0.15) is 43.7 Å². The summed E-state index contributed by atoms with van der Waals surface area (Å²) >= 11 is 3.48. The van der Waals surface area contributed by atoms with E-state index in [9.17, 15) is 8.42 Å². The van der Waals surface area contributed by atoms with Gasteiger partial charge >= 0.3 is 0 Å². The quantitative estimate of drug-likeness (QED) is 0.720. The van der Waals surface area contributed by atoms with Crippen LogP contribution in [0.4, 0.5) is 0 Å². The number of hydrogen-bond donors (Lipinski definition) is 2. The van der Waals surface area contributed by atoms with E-state index in [1.807, 2.05) is 13.0 Å². The Kier molecular flexibility index (Phi) is 5.82. The summed E-state index contributed by atoms with van der Waals surface area (Å²) in [6.07, 6.45) is 4.05. The van der Waals surface area contributed by atoms with Crippen molar-refractivity contribution < 1.29 is 8.42 Å². The van der Waals surface area contributed by atoms with Gasteiger partial charge in [0.15, 0.2) is 0 Å². The summed E-state index contributed by atoms with van der Waals surface area (Å²) in [5.41, 5.74) is 1.75. The average molecular weight is 375 g/mol. The summed E-state index contributed by atoms with van der Waals surface area (Å²) in [6.45, 7) is 5.55. The summed E-state index contributed by atoms with van der Waals surface area (Å²) in [6, 6.07) is 3.87. The van der Waals surface area contributed by atoms with E-state index in [0.717, 1.165) is 47.8 Å². The molecule has 0 atom stereocenters. The first kappa shape index (κ1) is 16.9. The van der Waals surface area contributed by atoms with Crippen LogP contribution >= 0.6 is 15.9 Å². The molecule has 1 aromatic rings. The van der Waals surface area contributed by atoms with Crippen LogP contribution in [-0.4, -0.2) is 21.0 Å². The van der Waals surface area contributed by atoms with Crippen LogP contribution in [0.2, 0.25) is 0 Å². The Morgan fingerprint density at radius 2 is 2.05 bits per heavy atom. The molecule has 4 nitrogen and oxygen atoms in total. The van der Waals surface area contributed by atoms with Crippen LogP contribution in [0, 0.1) is 6.92 Å². The fourth-order valence-electron chi connectivity index (χ4n) is 2.31. The fourth-order valence-corrected chi connectivity index (χ4v) is 4.57. The molecule has 0 saturated heterocycles. The van der Waals surface area contributed by atoms with Crippen molar-refractivity contribution in [3.8, 4) is 0 Å². The molecule has 6 heteroatoms. The third kappa shape index (κ3) is 4.28. The molecule has 21 heavy (non-hydrogen) atoms. The predicted molar refractivity (Wildman–Crippen MR) is 88.8 cm³/mol. The van der Waals surface area contributed by atoms with Gasteiger partial charge in [0, 0.05) is 17.1 Å². The van der Waals surface area contributed by atoms with Gasteiger partial charge in [0.25, 0.3) is 0 Å². The normalized spacial score (nSPS) is 16.0. The van der Waals surface area contributed by atoms with Crippen LogP contribution in [0.5, 0.6) is 0 Å². The Labute approximate surface area is 135 Å². The molecule has 0 amide bonds. The number of rotatable bonds is 7. The highest BCUT2D eigenvalue weighted by Gasteiger charge is 2.26. The SMILES string of the molecule is CCCNCc1cc(Br)c(C)c(S(=O)(=O)NC2CCC2)c1. The van der Waals surface area contributed by atoms with Crippen molar-refractivity contribution in [2.45, 2.75) is 57.0 Å². The van der Waals surface area contributed by atoms with E-state index in [0.29, 0.717) is 11.4 Å². The smallest absolute Gasteiger partial charge is 0.241 e. The van der Waals surface area contributed by atoms with Crippen molar-refractivity contribution in [1.29, 1.82) is 0 Å². The van der Waals surface area contributed by atoms with Crippen LogP contribution in [0.3, 0.4) is 0 Å². The molecule has 0 spiro atoms. The summed E-state index contributed by atoms with van der Waals surface area (Å²) < 4.78 is 28.7. The number of nitrogens with one attached hydrogen (secondary N) is 2. The Morgan fingerprint density at radius 1 is 1.33 bits per heavy atom. The molecule has 2 rings (SSSR count). The second-order valence-corrected chi connectivity index (χ2v) is 8.16. The molecule has 0 unspecified atom stereocenters. The van der Waals surface area contributed by atoms with Crippen molar-refractivity contribution in [3.05, 3.63) is 27.7 Å². The maximum atomic E-state index is 12.5. The molecule has 0 bridgehead atoms. The summed E-state index contributed by atoms with van der Waals surface area (Å²) in [5, 5.41) is 3.30. The molecule has 2 N–H and O–H groups in total. The topological polar surface area (TPSA) is 58.2 Å². The van der Waals surface area contributed by atoms with Gasteiger partial charge in [-0.1, -0.05) is 29.3 Å². The minimum Gasteiger partial charge on any atom is -0.313 e. The average Bonchev–Trinajstić information content (AvgIpc) is 2.38. The second-order valence-electron chi connectivity index (χ2n) is 5.63. The van der Waals surface area contributed by atoms with E-state index < -0.39 is 10.0 Å². The van der Waals surface area contributed by atoms with Crippen LogP contribution in [0.15, 0.2) is 21.5 Å². The van der Waals surface area contributed by atoms with Crippen LogP contribution < -0.4 is 10.0 Å². The standard InChI is InChI=1S/C15H23BrN2O2S/c1-3-7-17-10-12-8-14(16)11(2)15(9-12)21(19,20)18-13-5-4-6-13/h8-9,13,17-18H,3-7,10H2,1-2H3. The lowest BCUT2D eigenvalue weighted by atomic mass is 9.94. The zero-order valence-corrected chi connectivity index (χ0v) is 15.0. The lowest BCUT2D eigenvalue weighted by molar-refractivity contribution is 0.383. The molecule has 0 aliphatic heterocycles. The van der Waals surface area contributed by atoms with Crippen LogP contribution in [0.25, 0.3) is 0 Å². The number of benzene rings is 1. The van der Waals surface area contributed by atoms with E-state index in [1.54, 1.807) is 6.07 Å². The highest BCUT2D eigenvalue weighted by atomic mass is 79.9. The Morgan fingerprint density at radius 3 is 2.62 bits per heavy atom. The maximum Gasteiger partial charge on any atom is 0.241 e. The summed E-state index contributed by atoms with van der Waals surface area (Å²) in [7, 11) is -3.43. The highest BCUT2D eigenvalue weighted by Crippen LogP contribution is 2.27. The minimum absolute atomic E-state index is 0.107. The zero-order chi connectivity index (χ0) is 15.5. The van der Waals surface area contributed by atoms with Gasteiger partial charge in [0.05, 0.1) is 4.90 Å². The molecule has 0 aromatic heterocycles. The van der Waals surface area contributed by atoms with Crippen molar-refractivity contribution >= 4 is 26.0 Å². The second kappa shape index (κ2) is 7.22. The van der Waals surface area contributed by atoms with E-state index >= 15 is 0 Å². The van der Waals surface area contributed by atoms with E-state index in [1.165, 1.54) is 0 Å². The lowest BCUT2D eigenvalue weighted by Crippen LogP contribution is -2.39. The molecule has 118 valence electrons. The Bertz CT molecular complexity index is 598. The molecular weight excluding hydrogens is 352 g/mol. The third-order valence-corrected chi connectivity index (χ3v) is 6.30. The monoisotopic (exact) mass is 374 g/mol. The molecule has 1 fully saturated rings. The molecule has 1 aliphatic rings. The van der Waals surface area contributed by atoms with Gasteiger partial charge in [-0.3, -0.25) is 0 Å². The molecular formula is C15H23BrN2O2S. The van der Waals surface area contributed by atoms with Gasteiger partial charge in [0.1, 0.15) is 0 Å². The van der Waals surface area contributed by atoms with Crippen molar-refractivity contribution in [2.75, 3.05) is 6.54 Å². The van der Waals surface area contributed by atoms with Crippen LogP contribution in [-0.2, 0) is 16.6 Å². The Hall–Kier alpha value is -0.430. The van der Waals surface area contributed by atoms with Gasteiger partial charge < -0.3 is 5.32 Å². The van der Waals surface area contributed by atoms with E-state index in [-0.39, 0.29) is 6.04 Å². The molecule has 1 aromatic carbocycles. The van der Waals surface area contributed by atoms with E-state index in [2.05, 4.69) is 32.9 Å². The fraction of sp³-hybridized carbons (Fsp3) is 0.600. The van der Waals surface area contributed by atoms with Crippen molar-refractivity contribution in [1.82, 2.24) is 10.0 Å². The summed E-state index contributed by atoms with van der Waals surface area (Å²) in [5.74, 6) is 0.